The van der Waals surface area contributed by atoms with Crippen LogP contribution in [0.3, 0.4) is 0 Å². The number of hydrogen-bond acceptors (Lipinski definition) is 4. The maximum atomic E-state index is 12.3. The molecule has 5 heteroatoms. The van der Waals surface area contributed by atoms with Crippen LogP contribution in [0.1, 0.15) is 6.92 Å². The second-order valence-corrected chi connectivity index (χ2v) is 5.16. The van der Waals surface area contributed by atoms with Gasteiger partial charge in [0.15, 0.2) is 0 Å². The third-order valence-corrected chi connectivity index (χ3v) is 3.82. The van der Waals surface area contributed by atoms with Crippen LogP contribution >= 0.6 is 0 Å². The number of piperazine rings is 1. The molecule has 1 aromatic heterocycles. The predicted octanol–water partition coefficient (Wildman–Crippen LogP) is 1.15. The van der Waals surface area contributed by atoms with Gasteiger partial charge in [0.25, 0.3) is 0 Å². The molecule has 1 saturated heterocycles. The molecule has 3 rings (SSSR count). The lowest BCUT2D eigenvalue weighted by Crippen LogP contribution is -2.58. The summed E-state index contributed by atoms with van der Waals surface area (Å²) in [7, 11) is 0. The molecule has 2 aromatic rings. The Labute approximate surface area is 124 Å². The van der Waals surface area contributed by atoms with E-state index >= 15 is 0 Å². The van der Waals surface area contributed by atoms with Crippen LogP contribution in [0.25, 0.3) is 10.8 Å². The average molecular weight is 284 g/mol. The number of likely N-dealkylation sites (N-methyl/N-ethyl adjacent to an activating group) is 1. The summed E-state index contributed by atoms with van der Waals surface area (Å²) in [5.41, 5.74) is 0. The third kappa shape index (κ3) is 2.69. The van der Waals surface area contributed by atoms with E-state index in [1.165, 1.54) is 0 Å². The maximum Gasteiger partial charge on any atom is 0.244 e. The molecule has 1 amide bonds. The van der Waals surface area contributed by atoms with Crippen LogP contribution < -0.4 is 15.5 Å². The van der Waals surface area contributed by atoms with Gasteiger partial charge in [-0.25, -0.2) is 4.98 Å². The van der Waals surface area contributed by atoms with E-state index in [4.69, 9.17) is 0 Å². The molecular formula is C16H20N4O. The van der Waals surface area contributed by atoms with Gasteiger partial charge >= 0.3 is 0 Å². The van der Waals surface area contributed by atoms with E-state index in [9.17, 15) is 4.79 Å². The topological polar surface area (TPSA) is 57.3 Å². The second-order valence-electron chi connectivity index (χ2n) is 5.16. The molecule has 0 aliphatic carbocycles. The van der Waals surface area contributed by atoms with Gasteiger partial charge in [-0.2, -0.15) is 0 Å². The largest absolute Gasteiger partial charge is 0.355 e. The molecule has 1 unspecified atom stereocenters. The number of nitrogens with zero attached hydrogens (tertiary/aromatic N) is 2. The number of carbonyl (C=O) groups is 1. The average Bonchev–Trinajstić information content (AvgIpc) is 2.54. The number of anilines is 1. The molecule has 1 aliphatic heterocycles. The van der Waals surface area contributed by atoms with Gasteiger partial charge in [0.1, 0.15) is 11.9 Å². The smallest absolute Gasteiger partial charge is 0.244 e. The molecular weight excluding hydrogens is 264 g/mol. The van der Waals surface area contributed by atoms with E-state index < -0.39 is 0 Å². The molecule has 0 bridgehead atoms. The van der Waals surface area contributed by atoms with E-state index in [1.807, 2.05) is 31.3 Å². The molecule has 21 heavy (non-hydrogen) atoms. The summed E-state index contributed by atoms with van der Waals surface area (Å²) in [6, 6.07) is 9.96. The molecule has 0 radical (unpaired) electrons. The van der Waals surface area contributed by atoms with Gasteiger partial charge in [-0.15, -0.1) is 0 Å². The van der Waals surface area contributed by atoms with Crippen molar-refractivity contribution in [1.82, 2.24) is 15.6 Å². The van der Waals surface area contributed by atoms with Crippen LogP contribution in [0.15, 0.2) is 36.5 Å². The first-order chi connectivity index (χ1) is 10.3. The van der Waals surface area contributed by atoms with Crippen molar-refractivity contribution >= 4 is 22.5 Å². The minimum Gasteiger partial charge on any atom is -0.355 e. The number of pyridine rings is 1. The third-order valence-electron chi connectivity index (χ3n) is 3.82. The van der Waals surface area contributed by atoms with Crippen molar-refractivity contribution in [3.05, 3.63) is 36.5 Å². The monoisotopic (exact) mass is 284 g/mol. The quantitative estimate of drug-likeness (QED) is 0.888. The van der Waals surface area contributed by atoms with Crippen LogP contribution in [0, 0.1) is 0 Å². The van der Waals surface area contributed by atoms with Crippen molar-refractivity contribution in [2.24, 2.45) is 0 Å². The first-order valence-electron chi connectivity index (χ1n) is 7.40. The molecule has 1 fully saturated rings. The summed E-state index contributed by atoms with van der Waals surface area (Å²) >= 11 is 0. The number of aromatic nitrogens is 1. The van der Waals surface area contributed by atoms with E-state index in [-0.39, 0.29) is 11.9 Å². The summed E-state index contributed by atoms with van der Waals surface area (Å²) in [5.74, 6) is 0.949. The summed E-state index contributed by atoms with van der Waals surface area (Å²) < 4.78 is 0. The molecule has 110 valence electrons. The number of fused-ring (bicyclic) bond motifs is 1. The lowest BCUT2D eigenvalue weighted by Gasteiger charge is -2.36. The van der Waals surface area contributed by atoms with Gasteiger partial charge in [0.2, 0.25) is 5.91 Å². The Morgan fingerprint density at radius 3 is 3.14 bits per heavy atom. The number of hydrogen-bond donors (Lipinski definition) is 2. The second kappa shape index (κ2) is 6.10. The minimum absolute atomic E-state index is 0.0550. The number of nitrogens with one attached hydrogen (secondary N) is 2. The maximum absolute atomic E-state index is 12.3. The standard InChI is InChI=1S/C16H20N4O/c1-2-18-16(21)14-11-17-9-10-20(14)15-13-6-4-3-5-12(13)7-8-19-15/h3-8,14,17H,2,9-11H2,1H3,(H,18,21). The summed E-state index contributed by atoms with van der Waals surface area (Å²) in [6.07, 6.45) is 1.81. The summed E-state index contributed by atoms with van der Waals surface area (Å²) in [6.45, 7) is 4.88. The minimum atomic E-state index is -0.211. The molecule has 0 saturated carbocycles. The highest BCUT2D eigenvalue weighted by molar-refractivity contribution is 5.95. The molecule has 1 aromatic carbocycles. The first kappa shape index (κ1) is 13.8. The van der Waals surface area contributed by atoms with Crippen molar-refractivity contribution in [3.63, 3.8) is 0 Å². The first-order valence-corrected chi connectivity index (χ1v) is 7.40. The molecule has 2 N–H and O–H groups in total. The zero-order chi connectivity index (χ0) is 14.7. The normalized spacial score (nSPS) is 18.7. The van der Waals surface area contributed by atoms with Gasteiger partial charge in [0, 0.05) is 37.8 Å². The molecule has 1 atom stereocenters. The molecule has 0 spiro atoms. The van der Waals surface area contributed by atoms with Crippen molar-refractivity contribution in [2.75, 3.05) is 31.1 Å². The molecule has 1 aliphatic rings. The van der Waals surface area contributed by atoms with Crippen molar-refractivity contribution < 1.29 is 4.79 Å². The molecule has 2 heterocycles. The van der Waals surface area contributed by atoms with Gasteiger partial charge in [-0.05, 0) is 18.4 Å². The van der Waals surface area contributed by atoms with Crippen molar-refractivity contribution in [2.45, 2.75) is 13.0 Å². The van der Waals surface area contributed by atoms with Crippen LogP contribution in [-0.4, -0.2) is 43.1 Å². The van der Waals surface area contributed by atoms with Crippen molar-refractivity contribution in [3.8, 4) is 0 Å². The highest BCUT2D eigenvalue weighted by Gasteiger charge is 2.30. The number of benzene rings is 1. The van der Waals surface area contributed by atoms with Gasteiger partial charge < -0.3 is 15.5 Å². The lowest BCUT2D eigenvalue weighted by atomic mass is 10.1. The summed E-state index contributed by atoms with van der Waals surface area (Å²) in [4.78, 5) is 19.0. The van der Waals surface area contributed by atoms with E-state index in [2.05, 4.69) is 32.7 Å². The van der Waals surface area contributed by atoms with E-state index in [0.717, 1.165) is 29.7 Å². The number of rotatable bonds is 3. The Kier molecular flexibility index (Phi) is 4.01. The Morgan fingerprint density at radius 2 is 2.29 bits per heavy atom. The summed E-state index contributed by atoms with van der Waals surface area (Å²) in [5, 5.41) is 8.45. The Bertz CT molecular complexity index is 638. The van der Waals surface area contributed by atoms with E-state index in [0.29, 0.717) is 13.1 Å². The Morgan fingerprint density at radius 1 is 1.43 bits per heavy atom. The fourth-order valence-corrected chi connectivity index (χ4v) is 2.82. The predicted molar refractivity (Wildman–Crippen MR) is 84.4 cm³/mol. The zero-order valence-electron chi connectivity index (χ0n) is 12.2. The van der Waals surface area contributed by atoms with Crippen molar-refractivity contribution in [1.29, 1.82) is 0 Å². The fourth-order valence-electron chi connectivity index (χ4n) is 2.82. The van der Waals surface area contributed by atoms with Crippen LogP contribution in [0.2, 0.25) is 0 Å². The molecule has 5 nitrogen and oxygen atoms in total. The van der Waals surface area contributed by atoms with Gasteiger partial charge in [0.05, 0.1) is 0 Å². The zero-order valence-corrected chi connectivity index (χ0v) is 12.2. The number of amides is 1. The SMILES string of the molecule is CCNC(=O)C1CNCCN1c1nccc2ccccc12. The van der Waals surface area contributed by atoms with Gasteiger partial charge in [-0.3, -0.25) is 4.79 Å². The highest BCUT2D eigenvalue weighted by atomic mass is 16.2. The number of carbonyl (C=O) groups excluding carboxylic acids is 1. The van der Waals surface area contributed by atoms with E-state index in [1.54, 1.807) is 0 Å². The Balaban J connectivity index is 2.00. The lowest BCUT2D eigenvalue weighted by molar-refractivity contribution is -0.122. The fraction of sp³-hybridized carbons (Fsp3) is 0.375. The Hall–Kier alpha value is -2.14. The highest BCUT2D eigenvalue weighted by Crippen LogP contribution is 2.26. The van der Waals surface area contributed by atoms with Crippen LogP contribution in [-0.2, 0) is 4.79 Å². The van der Waals surface area contributed by atoms with Crippen LogP contribution in [0.5, 0.6) is 0 Å². The van der Waals surface area contributed by atoms with Crippen LogP contribution in [0.4, 0.5) is 5.82 Å². The van der Waals surface area contributed by atoms with Gasteiger partial charge in [-0.1, -0.05) is 24.3 Å².